The molecule has 1 aliphatic rings. The lowest BCUT2D eigenvalue weighted by atomic mass is 10.1. The number of ether oxygens (including phenoxy) is 1. The molecule has 7 nitrogen and oxygen atoms in total. The van der Waals surface area contributed by atoms with Crippen molar-refractivity contribution in [2.24, 2.45) is 0 Å². The third kappa shape index (κ3) is 5.21. The average molecular weight is 487 g/mol. The van der Waals surface area contributed by atoms with Crippen LogP contribution in [0.2, 0.25) is 0 Å². The molecule has 1 unspecified atom stereocenters. The van der Waals surface area contributed by atoms with Gasteiger partial charge in [0.15, 0.2) is 0 Å². The van der Waals surface area contributed by atoms with E-state index in [1.54, 1.807) is 19.9 Å². The number of carbonyl (C=O) groups is 2. The molecule has 0 saturated heterocycles. The molecule has 1 atom stereocenters. The zero-order chi connectivity index (χ0) is 22.1. The highest BCUT2D eigenvalue weighted by Crippen LogP contribution is 2.34. The molecule has 0 aliphatic carbocycles. The van der Waals surface area contributed by atoms with Crippen molar-refractivity contribution in [3.8, 4) is 5.75 Å². The van der Waals surface area contributed by atoms with Gasteiger partial charge >= 0.3 is 6.36 Å². The summed E-state index contributed by atoms with van der Waals surface area (Å²) in [5, 5.41) is 5.73. The van der Waals surface area contributed by atoms with Crippen LogP contribution in [0.4, 0.5) is 19.0 Å². The Hall–Kier alpha value is -2.82. The van der Waals surface area contributed by atoms with Gasteiger partial charge in [-0.2, -0.15) is 0 Å². The molecule has 0 fully saturated rings. The number of anilines is 1. The summed E-state index contributed by atoms with van der Waals surface area (Å²) >= 11 is 3.26. The van der Waals surface area contributed by atoms with Crippen molar-refractivity contribution >= 4 is 33.6 Å². The molecule has 160 valence electrons. The Morgan fingerprint density at radius 3 is 2.77 bits per heavy atom. The SMILES string of the molecule is CC(C)NC(=O)CN1C(=O)c2cc(Br)cnc2NC1c1cccc(OC(F)(F)F)c1. The second-order valence-electron chi connectivity index (χ2n) is 6.87. The topological polar surface area (TPSA) is 83.6 Å². The molecule has 0 bridgehead atoms. The fourth-order valence-corrected chi connectivity index (χ4v) is 3.36. The summed E-state index contributed by atoms with van der Waals surface area (Å²) in [6, 6.07) is 6.64. The first kappa shape index (κ1) is 21.9. The molecule has 3 rings (SSSR count). The fraction of sp³-hybridized carbons (Fsp3) is 0.316. The van der Waals surface area contributed by atoms with E-state index in [-0.39, 0.29) is 24.0 Å². The van der Waals surface area contributed by atoms with Crippen LogP contribution in [0.1, 0.15) is 35.9 Å². The predicted molar refractivity (Wildman–Crippen MR) is 106 cm³/mol. The lowest BCUT2D eigenvalue weighted by Crippen LogP contribution is -2.49. The van der Waals surface area contributed by atoms with Crippen LogP contribution in [0.5, 0.6) is 5.75 Å². The second kappa shape index (κ2) is 8.50. The highest BCUT2D eigenvalue weighted by molar-refractivity contribution is 9.10. The Balaban J connectivity index is 1.99. The third-order valence-corrected chi connectivity index (χ3v) is 4.54. The van der Waals surface area contributed by atoms with Gasteiger partial charge in [0, 0.05) is 16.7 Å². The minimum Gasteiger partial charge on any atom is -0.406 e. The van der Waals surface area contributed by atoms with Crippen molar-refractivity contribution in [3.63, 3.8) is 0 Å². The maximum Gasteiger partial charge on any atom is 0.573 e. The summed E-state index contributed by atoms with van der Waals surface area (Å²) in [7, 11) is 0. The van der Waals surface area contributed by atoms with Crippen molar-refractivity contribution in [2.75, 3.05) is 11.9 Å². The molecule has 30 heavy (non-hydrogen) atoms. The number of nitrogens with zero attached hydrogens (tertiary/aromatic N) is 2. The molecule has 0 spiro atoms. The van der Waals surface area contributed by atoms with Crippen molar-refractivity contribution < 1.29 is 27.5 Å². The van der Waals surface area contributed by atoms with Crippen LogP contribution in [-0.4, -0.2) is 40.6 Å². The summed E-state index contributed by atoms with van der Waals surface area (Å²) in [4.78, 5) is 30.9. The number of alkyl halides is 3. The lowest BCUT2D eigenvalue weighted by Gasteiger charge is -2.37. The number of hydrogen-bond acceptors (Lipinski definition) is 5. The van der Waals surface area contributed by atoms with Gasteiger partial charge in [0.25, 0.3) is 5.91 Å². The monoisotopic (exact) mass is 486 g/mol. The Morgan fingerprint density at radius 1 is 1.37 bits per heavy atom. The number of benzene rings is 1. The number of pyridine rings is 1. The van der Waals surface area contributed by atoms with Crippen LogP contribution in [0.3, 0.4) is 0 Å². The van der Waals surface area contributed by atoms with E-state index in [1.165, 1.54) is 23.2 Å². The van der Waals surface area contributed by atoms with Crippen molar-refractivity contribution in [1.82, 2.24) is 15.2 Å². The van der Waals surface area contributed by atoms with Gasteiger partial charge in [-0.3, -0.25) is 9.59 Å². The molecule has 2 amide bonds. The number of carbonyl (C=O) groups excluding carboxylic acids is 2. The van der Waals surface area contributed by atoms with E-state index in [0.717, 1.165) is 12.1 Å². The van der Waals surface area contributed by atoms with Gasteiger partial charge in [-0.15, -0.1) is 13.2 Å². The maximum absolute atomic E-state index is 13.1. The molecular weight excluding hydrogens is 469 g/mol. The van der Waals surface area contributed by atoms with E-state index < -0.39 is 30.1 Å². The Kier molecular flexibility index (Phi) is 6.20. The molecule has 2 N–H and O–H groups in total. The molecule has 2 heterocycles. The van der Waals surface area contributed by atoms with Crippen LogP contribution in [0.15, 0.2) is 41.0 Å². The first-order chi connectivity index (χ1) is 14.0. The summed E-state index contributed by atoms with van der Waals surface area (Å²) in [5.41, 5.74) is 0.540. The Morgan fingerprint density at radius 2 is 2.10 bits per heavy atom. The predicted octanol–water partition coefficient (Wildman–Crippen LogP) is 3.83. The molecular formula is C19H18BrF3N4O3. The molecule has 1 aromatic carbocycles. The van der Waals surface area contributed by atoms with Gasteiger partial charge in [0.1, 0.15) is 24.3 Å². The van der Waals surface area contributed by atoms with Gasteiger partial charge in [0.2, 0.25) is 5.91 Å². The van der Waals surface area contributed by atoms with Crippen molar-refractivity contribution in [1.29, 1.82) is 0 Å². The van der Waals surface area contributed by atoms with Gasteiger partial charge in [-0.25, -0.2) is 4.98 Å². The summed E-state index contributed by atoms with van der Waals surface area (Å²) in [6.45, 7) is 3.25. The first-order valence-electron chi connectivity index (χ1n) is 8.91. The first-order valence-corrected chi connectivity index (χ1v) is 9.71. The number of halogens is 4. The van der Waals surface area contributed by atoms with E-state index >= 15 is 0 Å². The number of rotatable bonds is 5. The molecule has 0 radical (unpaired) electrons. The quantitative estimate of drug-likeness (QED) is 0.670. The maximum atomic E-state index is 13.1. The van der Waals surface area contributed by atoms with Crippen molar-refractivity contribution in [3.05, 3.63) is 52.1 Å². The number of aromatic nitrogens is 1. The zero-order valence-electron chi connectivity index (χ0n) is 16.0. The van der Waals surface area contributed by atoms with E-state index in [4.69, 9.17) is 0 Å². The van der Waals surface area contributed by atoms with Gasteiger partial charge in [-0.1, -0.05) is 12.1 Å². The van der Waals surface area contributed by atoms with E-state index in [2.05, 4.69) is 36.3 Å². The van der Waals surface area contributed by atoms with Gasteiger partial charge in [0.05, 0.1) is 5.56 Å². The van der Waals surface area contributed by atoms with Crippen LogP contribution in [0, 0.1) is 0 Å². The van der Waals surface area contributed by atoms with Crippen molar-refractivity contribution in [2.45, 2.75) is 32.4 Å². The van der Waals surface area contributed by atoms with Gasteiger partial charge in [-0.05, 0) is 53.5 Å². The largest absolute Gasteiger partial charge is 0.573 e. The lowest BCUT2D eigenvalue weighted by molar-refractivity contribution is -0.274. The summed E-state index contributed by atoms with van der Waals surface area (Å²) < 4.78 is 42.4. The minimum absolute atomic E-state index is 0.143. The second-order valence-corrected chi connectivity index (χ2v) is 7.79. The molecule has 11 heteroatoms. The average Bonchev–Trinajstić information content (AvgIpc) is 2.62. The van der Waals surface area contributed by atoms with E-state index in [0.29, 0.717) is 10.0 Å². The molecule has 0 saturated carbocycles. The van der Waals surface area contributed by atoms with E-state index in [1.807, 2.05) is 0 Å². The Labute approximate surface area is 178 Å². The normalized spacial score (nSPS) is 16.2. The Bertz CT molecular complexity index is 968. The minimum atomic E-state index is -4.86. The van der Waals surface area contributed by atoms with Crippen LogP contribution >= 0.6 is 15.9 Å². The van der Waals surface area contributed by atoms with Crippen LogP contribution in [-0.2, 0) is 4.79 Å². The van der Waals surface area contributed by atoms with E-state index in [9.17, 15) is 22.8 Å². The third-order valence-electron chi connectivity index (χ3n) is 4.10. The highest BCUT2D eigenvalue weighted by Gasteiger charge is 2.36. The summed E-state index contributed by atoms with van der Waals surface area (Å²) in [6.07, 6.45) is -4.29. The summed E-state index contributed by atoms with van der Waals surface area (Å²) in [5.74, 6) is -1.06. The number of amides is 2. The number of fused-ring (bicyclic) bond motifs is 1. The molecule has 2 aromatic rings. The smallest absolute Gasteiger partial charge is 0.406 e. The van der Waals surface area contributed by atoms with Crippen LogP contribution < -0.4 is 15.4 Å². The zero-order valence-corrected chi connectivity index (χ0v) is 17.5. The molecule has 1 aromatic heterocycles. The number of hydrogen-bond donors (Lipinski definition) is 2. The fourth-order valence-electron chi connectivity index (χ4n) is 3.03. The van der Waals surface area contributed by atoms with Gasteiger partial charge < -0.3 is 20.3 Å². The molecule has 1 aliphatic heterocycles. The number of nitrogens with one attached hydrogen (secondary N) is 2. The van der Waals surface area contributed by atoms with Crippen LogP contribution in [0.25, 0.3) is 0 Å². The highest BCUT2D eigenvalue weighted by atomic mass is 79.9. The standard InChI is InChI=1S/C19H18BrF3N4O3/c1-10(2)25-15(28)9-27-17(11-4-3-5-13(6-11)30-19(21,22)23)26-16-14(18(27)29)7-12(20)8-24-16/h3-8,10,17H,9H2,1-2H3,(H,24,26)(H,25,28).